The van der Waals surface area contributed by atoms with Gasteiger partial charge in [-0.25, -0.2) is 0 Å². The maximum atomic E-state index is 5.96. The predicted molar refractivity (Wildman–Crippen MR) is 53.9 cm³/mol. The molecule has 0 aliphatic carbocycles. The number of hydrogen-bond acceptors (Lipinski definition) is 2. The molecule has 0 unspecified atom stereocenters. The number of hydrogen-bond donors (Lipinski definition) is 1. The van der Waals surface area contributed by atoms with E-state index in [1.807, 2.05) is 19.1 Å². The van der Waals surface area contributed by atoms with Gasteiger partial charge in [-0.2, -0.15) is 0 Å². The van der Waals surface area contributed by atoms with Gasteiger partial charge in [-0.15, -0.1) is 0 Å². The highest BCUT2D eigenvalue weighted by Gasteiger charge is 2.09. The lowest BCUT2D eigenvalue weighted by molar-refractivity contribution is 0.610. The van der Waals surface area contributed by atoms with Crippen molar-refractivity contribution in [1.29, 1.82) is 0 Å². The maximum absolute atomic E-state index is 5.96. The first-order valence-electron chi connectivity index (χ1n) is 4.09. The van der Waals surface area contributed by atoms with Gasteiger partial charge in [-0.05, 0) is 18.6 Å². The van der Waals surface area contributed by atoms with E-state index in [4.69, 9.17) is 21.8 Å². The molecule has 0 amide bonds. The Labute approximate surface area is 81.3 Å². The van der Waals surface area contributed by atoms with Crippen molar-refractivity contribution in [2.45, 2.75) is 13.5 Å². The van der Waals surface area contributed by atoms with Gasteiger partial charge in [0.2, 0.25) is 0 Å². The molecule has 0 aliphatic rings. The molecule has 0 atom stereocenters. The molecule has 0 bridgehead atoms. The fourth-order valence-electron chi connectivity index (χ4n) is 1.51. The highest BCUT2D eigenvalue weighted by Crippen LogP contribution is 2.30. The molecule has 2 nitrogen and oxygen atoms in total. The molecule has 3 heteroatoms. The Morgan fingerprint density at radius 2 is 2.23 bits per heavy atom. The molecule has 1 aromatic carbocycles. The zero-order valence-electron chi connectivity index (χ0n) is 7.30. The van der Waals surface area contributed by atoms with Gasteiger partial charge in [0.05, 0.1) is 11.3 Å². The Balaban J connectivity index is 2.87. The van der Waals surface area contributed by atoms with E-state index in [2.05, 4.69) is 0 Å². The Bertz CT molecular complexity index is 447. The molecule has 0 radical (unpaired) electrons. The Hall–Kier alpha value is -0.990. The topological polar surface area (TPSA) is 39.2 Å². The normalized spacial score (nSPS) is 11.0. The average Bonchev–Trinajstić information content (AvgIpc) is 2.56. The van der Waals surface area contributed by atoms with Gasteiger partial charge in [-0.3, -0.25) is 0 Å². The van der Waals surface area contributed by atoms with Crippen LogP contribution >= 0.6 is 11.6 Å². The second kappa shape index (κ2) is 3.05. The van der Waals surface area contributed by atoms with Gasteiger partial charge in [-0.1, -0.05) is 17.7 Å². The van der Waals surface area contributed by atoms with Gasteiger partial charge >= 0.3 is 0 Å². The fourth-order valence-corrected chi connectivity index (χ4v) is 1.71. The van der Waals surface area contributed by atoms with Crippen LogP contribution in [0.15, 0.2) is 22.8 Å². The number of halogens is 1. The monoisotopic (exact) mass is 195 g/mol. The van der Waals surface area contributed by atoms with E-state index in [1.54, 1.807) is 6.26 Å². The Kier molecular flexibility index (Phi) is 2.02. The smallest absolute Gasteiger partial charge is 0.153 e. The van der Waals surface area contributed by atoms with Crippen molar-refractivity contribution in [2.24, 2.45) is 5.73 Å². The number of furan rings is 1. The molecule has 1 heterocycles. The lowest BCUT2D eigenvalue weighted by atomic mass is 10.1. The van der Waals surface area contributed by atoms with Crippen LogP contribution in [0.2, 0.25) is 5.02 Å². The molecule has 0 fully saturated rings. The molecule has 0 saturated carbocycles. The summed E-state index contributed by atoms with van der Waals surface area (Å²) in [4.78, 5) is 0. The van der Waals surface area contributed by atoms with Crippen molar-refractivity contribution >= 4 is 22.6 Å². The zero-order valence-corrected chi connectivity index (χ0v) is 8.06. The minimum absolute atomic E-state index is 0.480. The van der Waals surface area contributed by atoms with E-state index in [0.717, 1.165) is 22.1 Å². The molecule has 2 aromatic rings. The number of benzene rings is 1. The summed E-state index contributed by atoms with van der Waals surface area (Å²) in [6, 6.07) is 3.81. The van der Waals surface area contributed by atoms with Crippen molar-refractivity contribution < 1.29 is 4.42 Å². The van der Waals surface area contributed by atoms with E-state index < -0.39 is 0 Å². The highest BCUT2D eigenvalue weighted by atomic mass is 35.5. The van der Waals surface area contributed by atoms with Crippen LogP contribution < -0.4 is 5.73 Å². The fraction of sp³-hybridized carbons (Fsp3) is 0.200. The predicted octanol–water partition coefficient (Wildman–Crippen LogP) is 2.85. The number of rotatable bonds is 1. The molecule has 68 valence electrons. The Morgan fingerprint density at radius 3 is 2.92 bits per heavy atom. The molecule has 1 aromatic heterocycles. The third-order valence-electron chi connectivity index (χ3n) is 2.18. The highest BCUT2D eigenvalue weighted by molar-refractivity contribution is 6.35. The minimum Gasteiger partial charge on any atom is -0.462 e. The summed E-state index contributed by atoms with van der Waals surface area (Å²) in [5.74, 6) is 0. The third-order valence-corrected chi connectivity index (χ3v) is 2.48. The van der Waals surface area contributed by atoms with E-state index >= 15 is 0 Å². The second-order valence-corrected chi connectivity index (χ2v) is 3.44. The second-order valence-electron chi connectivity index (χ2n) is 3.03. The van der Waals surface area contributed by atoms with Crippen molar-refractivity contribution in [3.63, 3.8) is 0 Å². The van der Waals surface area contributed by atoms with Crippen LogP contribution in [-0.4, -0.2) is 0 Å². The third kappa shape index (κ3) is 1.23. The maximum Gasteiger partial charge on any atom is 0.153 e. The van der Waals surface area contributed by atoms with Crippen LogP contribution in [0.5, 0.6) is 0 Å². The van der Waals surface area contributed by atoms with E-state index in [9.17, 15) is 0 Å². The molecule has 0 aliphatic heterocycles. The van der Waals surface area contributed by atoms with Gasteiger partial charge in [0, 0.05) is 17.5 Å². The quantitative estimate of drug-likeness (QED) is 0.760. The summed E-state index contributed by atoms with van der Waals surface area (Å²) in [6.07, 6.45) is 1.67. The molecule has 2 rings (SSSR count). The summed E-state index contributed by atoms with van der Waals surface area (Å²) in [5.41, 5.74) is 8.47. The molecule has 0 saturated heterocycles. The number of fused-ring (bicyclic) bond motifs is 1. The van der Waals surface area contributed by atoms with Crippen LogP contribution in [0.1, 0.15) is 11.1 Å². The first kappa shape index (κ1) is 8.60. The van der Waals surface area contributed by atoms with Crippen LogP contribution in [0.25, 0.3) is 11.0 Å². The first-order chi connectivity index (χ1) is 6.24. The molecular formula is C10H10ClNO. The lowest BCUT2D eigenvalue weighted by Gasteiger charge is -1.98. The average molecular weight is 196 g/mol. The summed E-state index contributed by atoms with van der Waals surface area (Å²) in [6.45, 7) is 2.50. The van der Waals surface area contributed by atoms with Crippen molar-refractivity contribution in [1.82, 2.24) is 0 Å². The Morgan fingerprint density at radius 1 is 1.46 bits per heavy atom. The molecular weight excluding hydrogens is 186 g/mol. The van der Waals surface area contributed by atoms with Gasteiger partial charge in [0.1, 0.15) is 0 Å². The summed E-state index contributed by atoms with van der Waals surface area (Å²) in [5, 5.41) is 1.69. The molecule has 0 spiro atoms. The summed E-state index contributed by atoms with van der Waals surface area (Å²) < 4.78 is 5.34. The van der Waals surface area contributed by atoms with E-state index in [0.29, 0.717) is 11.6 Å². The SMILES string of the molecule is Cc1ccc(Cl)c2occ(CN)c12. The van der Waals surface area contributed by atoms with Crippen LogP contribution in [-0.2, 0) is 6.54 Å². The standard InChI is InChI=1S/C10H10ClNO/c1-6-2-3-8(11)10-9(6)7(4-12)5-13-10/h2-3,5H,4,12H2,1H3. The van der Waals surface area contributed by atoms with E-state index in [1.165, 1.54) is 0 Å². The lowest BCUT2D eigenvalue weighted by Crippen LogP contribution is -1.94. The van der Waals surface area contributed by atoms with Crippen LogP contribution in [0.3, 0.4) is 0 Å². The van der Waals surface area contributed by atoms with Gasteiger partial charge in [0.25, 0.3) is 0 Å². The van der Waals surface area contributed by atoms with Crippen LogP contribution in [0, 0.1) is 6.92 Å². The van der Waals surface area contributed by atoms with Crippen molar-refractivity contribution in [3.8, 4) is 0 Å². The zero-order chi connectivity index (χ0) is 9.42. The van der Waals surface area contributed by atoms with Crippen LogP contribution in [0.4, 0.5) is 0 Å². The van der Waals surface area contributed by atoms with Gasteiger partial charge < -0.3 is 10.2 Å². The van der Waals surface area contributed by atoms with E-state index in [-0.39, 0.29) is 0 Å². The minimum atomic E-state index is 0.480. The summed E-state index contributed by atoms with van der Waals surface area (Å²) in [7, 11) is 0. The molecule has 2 N–H and O–H groups in total. The van der Waals surface area contributed by atoms with Gasteiger partial charge in [0.15, 0.2) is 5.58 Å². The number of nitrogens with two attached hydrogens (primary N) is 1. The summed E-state index contributed by atoms with van der Waals surface area (Å²) >= 11 is 5.96. The molecule has 13 heavy (non-hydrogen) atoms. The largest absolute Gasteiger partial charge is 0.462 e. The van der Waals surface area contributed by atoms with Crippen molar-refractivity contribution in [2.75, 3.05) is 0 Å². The van der Waals surface area contributed by atoms with Crippen molar-refractivity contribution in [3.05, 3.63) is 34.5 Å². The first-order valence-corrected chi connectivity index (χ1v) is 4.47. The number of aryl methyl sites for hydroxylation is 1.